The first kappa shape index (κ1) is 26.1. The summed E-state index contributed by atoms with van der Waals surface area (Å²) < 4.78 is 28.6. The van der Waals surface area contributed by atoms with Gasteiger partial charge in [0.15, 0.2) is 5.65 Å². The minimum atomic E-state index is -3.95. The highest BCUT2D eigenvalue weighted by molar-refractivity contribution is 7.90. The molecular weight excluding hydrogens is 516 g/mol. The number of carbonyl (C=O) groups is 2. The van der Waals surface area contributed by atoms with Gasteiger partial charge in [-0.3, -0.25) is 9.36 Å². The summed E-state index contributed by atoms with van der Waals surface area (Å²) >= 11 is 6.17. The molecule has 10 nitrogen and oxygen atoms in total. The van der Waals surface area contributed by atoms with Crippen molar-refractivity contribution in [2.24, 2.45) is 5.73 Å². The standard InChI is InChI=1S/C25H25ClN6O4S/c1-3-21-29-20-14-19(23(27)33)22(26)30-24(20)32(21)17-8-6-16(7-9-17)12-13-28-25(34)31-37(35,36)18-10-4-15(2)5-11-18/h4-11,14H,3,12-13H2,1-2H3,(H2,27,33)(H2,28,31,34). The maximum absolute atomic E-state index is 12.3. The molecule has 4 aromatic rings. The third-order valence-electron chi connectivity index (χ3n) is 5.69. The molecule has 192 valence electrons. The van der Waals surface area contributed by atoms with Crippen molar-refractivity contribution in [3.05, 3.63) is 82.3 Å². The van der Waals surface area contributed by atoms with E-state index in [1.165, 1.54) is 18.2 Å². The molecule has 0 atom stereocenters. The SMILES string of the molecule is CCc1nc2cc(C(N)=O)c(Cl)nc2n1-c1ccc(CCNC(=O)NS(=O)(=O)c2ccc(C)cc2)cc1. The van der Waals surface area contributed by atoms with Crippen molar-refractivity contribution < 1.29 is 18.0 Å². The second-order valence-electron chi connectivity index (χ2n) is 8.34. The van der Waals surface area contributed by atoms with Crippen molar-refractivity contribution in [3.63, 3.8) is 0 Å². The minimum absolute atomic E-state index is 0.00849. The Morgan fingerprint density at radius 1 is 1.05 bits per heavy atom. The van der Waals surface area contributed by atoms with Crippen molar-refractivity contribution in [3.8, 4) is 5.69 Å². The number of aromatic nitrogens is 3. The molecule has 0 aliphatic heterocycles. The molecular formula is C25H25ClN6O4S. The van der Waals surface area contributed by atoms with Gasteiger partial charge in [0, 0.05) is 18.7 Å². The zero-order valence-corrected chi connectivity index (χ0v) is 21.7. The van der Waals surface area contributed by atoms with Crippen molar-refractivity contribution in [2.45, 2.75) is 31.6 Å². The van der Waals surface area contributed by atoms with E-state index < -0.39 is 22.0 Å². The number of urea groups is 1. The Bertz CT molecular complexity index is 1580. The Morgan fingerprint density at radius 2 is 1.73 bits per heavy atom. The van der Waals surface area contributed by atoms with E-state index in [0.717, 1.165) is 22.6 Å². The van der Waals surface area contributed by atoms with E-state index in [1.807, 2.05) is 47.4 Å². The Kier molecular flexibility index (Phi) is 7.46. The van der Waals surface area contributed by atoms with Crippen LogP contribution < -0.4 is 15.8 Å². The molecule has 0 fully saturated rings. The van der Waals surface area contributed by atoms with Gasteiger partial charge in [0.05, 0.1) is 10.5 Å². The maximum Gasteiger partial charge on any atom is 0.328 e. The number of hydrogen-bond donors (Lipinski definition) is 3. The van der Waals surface area contributed by atoms with E-state index in [0.29, 0.717) is 24.0 Å². The number of amides is 3. The molecule has 2 aromatic heterocycles. The molecule has 0 unspecified atom stereocenters. The first-order valence-corrected chi connectivity index (χ1v) is 13.3. The number of carbonyl (C=O) groups excluding carboxylic acids is 2. The van der Waals surface area contributed by atoms with Crippen LogP contribution in [0, 0.1) is 6.92 Å². The molecule has 12 heteroatoms. The summed E-state index contributed by atoms with van der Waals surface area (Å²) in [5, 5.41) is 2.58. The number of nitrogens with one attached hydrogen (secondary N) is 2. The molecule has 0 aliphatic carbocycles. The Labute approximate surface area is 218 Å². The van der Waals surface area contributed by atoms with Crippen molar-refractivity contribution in [1.82, 2.24) is 24.6 Å². The van der Waals surface area contributed by atoms with Crippen LogP contribution in [0.25, 0.3) is 16.9 Å². The van der Waals surface area contributed by atoms with Crippen LogP contribution in [0.3, 0.4) is 0 Å². The summed E-state index contributed by atoms with van der Waals surface area (Å²) in [6, 6.07) is 14.5. The number of rotatable bonds is 8. The van der Waals surface area contributed by atoms with Crippen molar-refractivity contribution >= 4 is 44.7 Å². The fourth-order valence-corrected chi connectivity index (χ4v) is 4.93. The molecule has 37 heavy (non-hydrogen) atoms. The highest BCUT2D eigenvalue weighted by atomic mass is 35.5. The van der Waals surface area contributed by atoms with Gasteiger partial charge in [-0.1, -0.05) is 48.4 Å². The summed E-state index contributed by atoms with van der Waals surface area (Å²) in [4.78, 5) is 32.7. The average molecular weight is 541 g/mol. The number of aryl methyl sites for hydroxylation is 2. The molecule has 0 aliphatic rings. The van der Waals surface area contributed by atoms with Crippen LogP contribution in [0.2, 0.25) is 5.15 Å². The molecule has 0 spiro atoms. The number of fused-ring (bicyclic) bond motifs is 1. The molecule has 0 radical (unpaired) electrons. The summed E-state index contributed by atoms with van der Waals surface area (Å²) in [5.74, 6) is 0.0625. The number of pyridine rings is 1. The highest BCUT2D eigenvalue weighted by Gasteiger charge is 2.18. The van der Waals surface area contributed by atoms with Gasteiger partial charge in [-0.2, -0.15) is 0 Å². The number of halogens is 1. The van der Waals surface area contributed by atoms with E-state index >= 15 is 0 Å². The Hall–Kier alpha value is -3.96. The van der Waals surface area contributed by atoms with E-state index in [1.54, 1.807) is 12.1 Å². The van der Waals surface area contributed by atoms with Crippen LogP contribution in [0.1, 0.15) is 34.2 Å². The number of imidazole rings is 1. The van der Waals surface area contributed by atoms with E-state index in [4.69, 9.17) is 17.3 Å². The van der Waals surface area contributed by atoms with E-state index in [-0.39, 0.29) is 22.2 Å². The lowest BCUT2D eigenvalue weighted by molar-refractivity contribution is 0.1000. The molecule has 4 rings (SSSR count). The molecule has 0 saturated carbocycles. The lowest BCUT2D eigenvalue weighted by Crippen LogP contribution is -2.40. The van der Waals surface area contributed by atoms with Crippen LogP contribution in [0.5, 0.6) is 0 Å². The average Bonchev–Trinajstić information content (AvgIpc) is 3.21. The third-order valence-corrected chi connectivity index (χ3v) is 7.32. The summed E-state index contributed by atoms with van der Waals surface area (Å²) in [7, 11) is -3.95. The molecule has 2 heterocycles. The molecule has 4 N–H and O–H groups in total. The lowest BCUT2D eigenvalue weighted by atomic mass is 10.1. The first-order valence-electron chi connectivity index (χ1n) is 11.4. The van der Waals surface area contributed by atoms with Gasteiger partial charge in [0.25, 0.3) is 15.9 Å². The third kappa shape index (κ3) is 5.73. The number of nitrogens with zero attached hydrogens (tertiary/aromatic N) is 3. The van der Waals surface area contributed by atoms with Crippen LogP contribution in [-0.2, 0) is 22.9 Å². The second-order valence-corrected chi connectivity index (χ2v) is 10.4. The van der Waals surface area contributed by atoms with Crippen molar-refractivity contribution in [1.29, 1.82) is 0 Å². The minimum Gasteiger partial charge on any atom is -0.366 e. The zero-order valence-electron chi connectivity index (χ0n) is 20.2. The van der Waals surface area contributed by atoms with Gasteiger partial charge < -0.3 is 11.1 Å². The van der Waals surface area contributed by atoms with Crippen LogP contribution in [0.4, 0.5) is 4.79 Å². The number of hydrogen-bond acceptors (Lipinski definition) is 6. The predicted octanol–water partition coefficient (Wildman–Crippen LogP) is 3.27. The number of primary amides is 1. The summed E-state index contributed by atoms with van der Waals surface area (Å²) in [6.45, 7) is 4.03. The van der Waals surface area contributed by atoms with Crippen molar-refractivity contribution in [2.75, 3.05) is 6.54 Å². The van der Waals surface area contributed by atoms with Gasteiger partial charge in [0.2, 0.25) is 0 Å². The smallest absolute Gasteiger partial charge is 0.328 e. The first-order chi connectivity index (χ1) is 17.6. The topological polar surface area (TPSA) is 149 Å². The zero-order chi connectivity index (χ0) is 26.7. The lowest BCUT2D eigenvalue weighted by Gasteiger charge is -2.11. The van der Waals surface area contributed by atoms with Gasteiger partial charge >= 0.3 is 6.03 Å². The number of benzene rings is 2. The Morgan fingerprint density at radius 3 is 2.35 bits per heavy atom. The van der Waals surface area contributed by atoms with E-state index in [9.17, 15) is 18.0 Å². The monoisotopic (exact) mass is 540 g/mol. The molecule has 2 aromatic carbocycles. The largest absolute Gasteiger partial charge is 0.366 e. The van der Waals surface area contributed by atoms with Gasteiger partial charge in [-0.25, -0.2) is 27.9 Å². The molecule has 0 saturated heterocycles. The van der Waals surface area contributed by atoms with Crippen LogP contribution in [0.15, 0.2) is 59.5 Å². The fourth-order valence-electron chi connectivity index (χ4n) is 3.78. The van der Waals surface area contributed by atoms with E-state index in [2.05, 4.69) is 15.3 Å². The van der Waals surface area contributed by atoms with Crippen LogP contribution in [-0.4, -0.2) is 41.4 Å². The summed E-state index contributed by atoms with van der Waals surface area (Å²) in [5.41, 5.74) is 9.14. The Balaban J connectivity index is 1.43. The predicted molar refractivity (Wildman–Crippen MR) is 140 cm³/mol. The van der Waals surface area contributed by atoms with Gasteiger partial charge in [-0.15, -0.1) is 0 Å². The molecule has 3 amide bonds. The fraction of sp³-hybridized carbons (Fsp3) is 0.200. The maximum atomic E-state index is 12.3. The highest BCUT2D eigenvalue weighted by Crippen LogP contribution is 2.25. The molecule has 0 bridgehead atoms. The second kappa shape index (κ2) is 10.6. The van der Waals surface area contributed by atoms with Crippen LogP contribution >= 0.6 is 11.6 Å². The number of nitrogens with two attached hydrogens (primary N) is 1. The quantitative estimate of drug-likeness (QED) is 0.292. The van der Waals surface area contributed by atoms with Gasteiger partial charge in [-0.05, 0) is 49.2 Å². The van der Waals surface area contributed by atoms with Gasteiger partial charge in [0.1, 0.15) is 16.5 Å². The number of sulfonamides is 1. The normalized spacial score (nSPS) is 11.4. The summed E-state index contributed by atoms with van der Waals surface area (Å²) in [6.07, 6.45) is 1.10.